The molecule has 1 aromatic heterocycles. The van der Waals surface area contributed by atoms with E-state index in [1.165, 1.54) is 11.1 Å². The first-order chi connectivity index (χ1) is 6.56. The maximum atomic E-state index is 5.73. The molecule has 1 aromatic rings. The molecule has 2 N–H and O–H groups in total. The number of hydrogen-bond donors (Lipinski definition) is 2. The third kappa shape index (κ3) is 2.41. The summed E-state index contributed by atoms with van der Waals surface area (Å²) in [6, 6.07) is 1.94. The van der Waals surface area contributed by atoms with Crippen LogP contribution >= 0.6 is 12.6 Å². The fourth-order valence-corrected chi connectivity index (χ4v) is 1.89. The van der Waals surface area contributed by atoms with E-state index in [1.807, 2.05) is 6.07 Å². The number of pyridine rings is 1. The predicted octanol–water partition coefficient (Wildman–Crippen LogP) is 2.57. The Morgan fingerprint density at radius 1 is 1.50 bits per heavy atom. The Balaban J connectivity index is 3.21. The Kier molecular flexibility index (Phi) is 3.81. The van der Waals surface area contributed by atoms with Gasteiger partial charge in [0.25, 0.3) is 0 Å². The molecule has 0 atom stereocenters. The number of rotatable bonds is 3. The van der Waals surface area contributed by atoms with Crippen LogP contribution in [0.1, 0.15) is 36.6 Å². The molecular formula is C11H18N2S. The van der Waals surface area contributed by atoms with Crippen molar-refractivity contribution in [2.24, 2.45) is 0 Å². The van der Waals surface area contributed by atoms with Crippen molar-refractivity contribution < 1.29 is 0 Å². The van der Waals surface area contributed by atoms with Crippen LogP contribution in [0.15, 0.2) is 6.07 Å². The van der Waals surface area contributed by atoms with Gasteiger partial charge in [-0.05, 0) is 42.2 Å². The lowest BCUT2D eigenvalue weighted by atomic mass is 9.98. The molecule has 1 rings (SSSR count). The summed E-state index contributed by atoms with van der Waals surface area (Å²) in [4.78, 5) is 4.40. The summed E-state index contributed by atoms with van der Waals surface area (Å²) < 4.78 is 0. The van der Waals surface area contributed by atoms with Gasteiger partial charge in [-0.25, -0.2) is 4.98 Å². The summed E-state index contributed by atoms with van der Waals surface area (Å²) >= 11 is 4.26. The van der Waals surface area contributed by atoms with Crippen molar-refractivity contribution in [2.75, 3.05) is 11.5 Å². The molecule has 3 heteroatoms. The van der Waals surface area contributed by atoms with Gasteiger partial charge in [-0.2, -0.15) is 12.6 Å². The first-order valence-corrected chi connectivity index (χ1v) is 5.56. The number of aryl methyl sites for hydroxylation is 1. The lowest BCUT2D eigenvalue weighted by Crippen LogP contribution is -2.06. The monoisotopic (exact) mass is 210 g/mol. The molecule has 0 radical (unpaired) electrons. The molecule has 0 aromatic carbocycles. The molecule has 78 valence electrons. The fraction of sp³-hybridized carbons (Fsp3) is 0.545. The molecule has 0 bridgehead atoms. The van der Waals surface area contributed by atoms with Crippen LogP contribution < -0.4 is 5.73 Å². The highest BCUT2D eigenvalue weighted by Crippen LogP contribution is 2.23. The summed E-state index contributed by atoms with van der Waals surface area (Å²) in [5, 5.41) is 0. The molecule has 0 aliphatic carbocycles. The third-order valence-corrected chi connectivity index (χ3v) is 2.53. The molecule has 0 fully saturated rings. The van der Waals surface area contributed by atoms with Crippen molar-refractivity contribution in [3.8, 4) is 0 Å². The number of nitrogens with two attached hydrogens (primary N) is 1. The number of aromatic nitrogens is 1. The van der Waals surface area contributed by atoms with Gasteiger partial charge in [0.1, 0.15) is 5.82 Å². The van der Waals surface area contributed by atoms with Crippen molar-refractivity contribution in [2.45, 2.75) is 33.1 Å². The topological polar surface area (TPSA) is 38.9 Å². The molecule has 0 saturated carbocycles. The quantitative estimate of drug-likeness (QED) is 0.753. The van der Waals surface area contributed by atoms with Crippen LogP contribution in [-0.2, 0) is 6.42 Å². The Labute approximate surface area is 91.3 Å². The average molecular weight is 210 g/mol. The van der Waals surface area contributed by atoms with Crippen LogP contribution in [0.4, 0.5) is 5.82 Å². The standard InChI is InChI=1S/C11H18N2S/c1-7(2)11-9(4-5-14)8(3)6-10(12)13-11/h6-7,14H,4-5H2,1-3H3,(H2,12,13). The van der Waals surface area contributed by atoms with Crippen molar-refractivity contribution in [1.82, 2.24) is 4.98 Å². The van der Waals surface area contributed by atoms with Crippen molar-refractivity contribution in [1.29, 1.82) is 0 Å². The van der Waals surface area contributed by atoms with Gasteiger partial charge in [0.05, 0.1) is 0 Å². The molecule has 1 heterocycles. The molecule has 0 spiro atoms. The van der Waals surface area contributed by atoms with Crippen molar-refractivity contribution in [3.05, 3.63) is 22.9 Å². The van der Waals surface area contributed by atoms with Gasteiger partial charge in [0, 0.05) is 5.69 Å². The molecular weight excluding hydrogens is 192 g/mol. The van der Waals surface area contributed by atoms with E-state index in [2.05, 4.69) is 38.4 Å². The lowest BCUT2D eigenvalue weighted by Gasteiger charge is -2.14. The van der Waals surface area contributed by atoms with Crippen LogP contribution in [0, 0.1) is 6.92 Å². The second-order valence-corrected chi connectivity index (χ2v) is 4.30. The number of nitrogen functional groups attached to an aromatic ring is 1. The van der Waals surface area contributed by atoms with Gasteiger partial charge in [-0.15, -0.1) is 0 Å². The van der Waals surface area contributed by atoms with E-state index in [0.717, 1.165) is 17.9 Å². The predicted molar refractivity (Wildman–Crippen MR) is 65.0 cm³/mol. The largest absolute Gasteiger partial charge is 0.384 e. The minimum atomic E-state index is 0.423. The van der Waals surface area contributed by atoms with Crippen LogP contribution in [0.2, 0.25) is 0 Å². The maximum absolute atomic E-state index is 5.73. The van der Waals surface area contributed by atoms with Gasteiger partial charge in [-0.1, -0.05) is 13.8 Å². The van der Waals surface area contributed by atoms with Crippen LogP contribution in [-0.4, -0.2) is 10.7 Å². The van der Waals surface area contributed by atoms with Gasteiger partial charge in [0.15, 0.2) is 0 Å². The Morgan fingerprint density at radius 2 is 2.14 bits per heavy atom. The zero-order valence-electron chi connectivity index (χ0n) is 9.04. The highest BCUT2D eigenvalue weighted by molar-refractivity contribution is 7.80. The summed E-state index contributed by atoms with van der Waals surface area (Å²) in [7, 11) is 0. The summed E-state index contributed by atoms with van der Waals surface area (Å²) in [5.74, 6) is 1.90. The zero-order valence-corrected chi connectivity index (χ0v) is 9.94. The van der Waals surface area contributed by atoms with Gasteiger partial charge in [0.2, 0.25) is 0 Å². The summed E-state index contributed by atoms with van der Waals surface area (Å²) in [5.41, 5.74) is 9.40. The smallest absolute Gasteiger partial charge is 0.123 e. The molecule has 0 amide bonds. The van der Waals surface area contributed by atoms with E-state index >= 15 is 0 Å². The maximum Gasteiger partial charge on any atom is 0.123 e. The second kappa shape index (κ2) is 4.69. The van der Waals surface area contributed by atoms with E-state index in [-0.39, 0.29) is 0 Å². The van der Waals surface area contributed by atoms with Gasteiger partial charge < -0.3 is 5.73 Å². The molecule has 0 aliphatic heterocycles. The second-order valence-electron chi connectivity index (χ2n) is 3.86. The van der Waals surface area contributed by atoms with E-state index in [0.29, 0.717) is 11.7 Å². The number of anilines is 1. The Bertz CT molecular complexity index is 321. The molecule has 0 unspecified atom stereocenters. The SMILES string of the molecule is Cc1cc(N)nc(C(C)C)c1CCS. The third-order valence-electron chi connectivity index (χ3n) is 2.31. The Morgan fingerprint density at radius 3 is 2.64 bits per heavy atom. The van der Waals surface area contributed by atoms with E-state index in [4.69, 9.17) is 5.73 Å². The molecule has 2 nitrogen and oxygen atoms in total. The van der Waals surface area contributed by atoms with Crippen LogP contribution in [0.25, 0.3) is 0 Å². The highest BCUT2D eigenvalue weighted by atomic mass is 32.1. The van der Waals surface area contributed by atoms with E-state index in [1.54, 1.807) is 0 Å². The summed E-state index contributed by atoms with van der Waals surface area (Å²) in [6.45, 7) is 6.37. The first-order valence-electron chi connectivity index (χ1n) is 4.93. The van der Waals surface area contributed by atoms with Crippen LogP contribution in [0.5, 0.6) is 0 Å². The number of hydrogen-bond acceptors (Lipinski definition) is 3. The summed E-state index contributed by atoms with van der Waals surface area (Å²) in [6.07, 6.45) is 0.968. The molecule has 14 heavy (non-hydrogen) atoms. The van der Waals surface area contributed by atoms with Gasteiger partial charge in [-0.3, -0.25) is 0 Å². The average Bonchev–Trinajstić information content (AvgIpc) is 2.09. The lowest BCUT2D eigenvalue weighted by molar-refractivity contribution is 0.799. The zero-order chi connectivity index (χ0) is 10.7. The fourth-order valence-electron chi connectivity index (χ4n) is 1.66. The van der Waals surface area contributed by atoms with Crippen molar-refractivity contribution in [3.63, 3.8) is 0 Å². The number of thiol groups is 1. The van der Waals surface area contributed by atoms with Gasteiger partial charge >= 0.3 is 0 Å². The molecule has 0 aliphatic rings. The van der Waals surface area contributed by atoms with Crippen molar-refractivity contribution >= 4 is 18.4 Å². The van der Waals surface area contributed by atoms with Crippen LogP contribution in [0.3, 0.4) is 0 Å². The Hall–Kier alpha value is -0.700. The van der Waals surface area contributed by atoms with E-state index in [9.17, 15) is 0 Å². The first kappa shape index (κ1) is 11.4. The van der Waals surface area contributed by atoms with E-state index < -0.39 is 0 Å². The molecule has 0 saturated heterocycles. The normalized spacial score (nSPS) is 10.9. The number of nitrogens with zero attached hydrogens (tertiary/aromatic N) is 1. The minimum Gasteiger partial charge on any atom is -0.384 e. The minimum absolute atomic E-state index is 0.423. The highest BCUT2D eigenvalue weighted by Gasteiger charge is 2.11.